The van der Waals surface area contributed by atoms with Crippen LogP contribution in [0.4, 0.5) is 0 Å². The van der Waals surface area contributed by atoms with Crippen LogP contribution < -0.4 is 16.0 Å². The van der Waals surface area contributed by atoms with Crippen molar-refractivity contribution in [3.05, 3.63) is 40.8 Å². The second-order valence-corrected chi connectivity index (χ2v) is 9.49. The molecule has 2 saturated heterocycles. The van der Waals surface area contributed by atoms with Crippen LogP contribution in [-0.4, -0.2) is 53.9 Å². The van der Waals surface area contributed by atoms with Crippen molar-refractivity contribution in [1.82, 2.24) is 20.9 Å². The van der Waals surface area contributed by atoms with Crippen LogP contribution in [-0.2, 0) is 9.59 Å². The van der Waals surface area contributed by atoms with Crippen LogP contribution in [0, 0.1) is 12.8 Å². The molecule has 0 bridgehead atoms. The number of unbranched alkanes of at least 4 members (excludes halogenated alkanes) is 1. The molecule has 4 unspecified atom stereocenters. The largest absolute Gasteiger partial charge is 0.356 e. The number of nitrogens with one attached hydrogen (secondary N) is 3. The maximum absolute atomic E-state index is 12.9. The van der Waals surface area contributed by atoms with Crippen LogP contribution in [0.1, 0.15) is 43.7 Å². The number of hydrogen-bond donors (Lipinski definition) is 3. The van der Waals surface area contributed by atoms with Gasteiger partial charge in [0.25, 0.3) is 0 Å². The molecule has 0 saturated carbocycles. The van der Waals surface area contributed by atoms with Gasteiger partial charge in [0.2, 0.25) is 11.8 Å². The molecule has 7 heteroatoms. The third-order valence-corrected chi connectivity index (χ3v) is 7.50. The van der Waals surface area contributed by atoms with Gasteiger partial charge < -0.3 is 10.6 Å². The maximum atomic E-state index is 12.9. The quantitative estimate of drug-likeness (QED) is 0.607. The molecule has 4 rings (SSSR count). The zero-order valence-corrected chi connectivity index (χ0v) is 18.6. The van der Waals surface area contributed by atoms with E-state index in [0.29, 0.717) is 6.54 Å². The summed E-state index contributed by atoms with van der Waals surface area (Å²) in [6.07, 6.45) is 3.72. The molecule has 0 aliphatic carbocycles. The fourth-order valence-corrected chi connectivity index (χ4v) is 5.73. The molecule has 1 aromatic rings. The molecule has 3 aliphatic heterocycles. The fourth-order valence-electron chi connectivity index (χ4n) is 4.59. The summed E-state index contributed by atoms with van der Waals surface area (Å²) in [5.74, 6) is 0.199. The molecule has 2 amide bonds. The minimum atomic E-state index is -0.240. The average molecular weight is 429 g/mol. The summed E-state index contributed by atoms with van der Waals surface area (Å²) < 4.78 is 0. The monoisotopic (exact) mass is 428 g/mol. The maximum Gasteiger partial charge on any atom is 0.237 e. The number of piperidine rings is 1. The summed E-state index contributed by atoms with van der Waals surface area (Å²) in [5.41, 5.74) is 3.61. The lowest BCUT2D eigenvalue weighted by Crippen LogP contribution is -2.69. The number of rotatable bonds is 6. The molecule has 3 N–H and O–H groups in total. The average Bonchev–Trinajstić information content (AvgIpc) is 3.19. The molecule has 2 fully saturated rings. The molecular formula is C23H32N4O2S. The van der Waals surface area contributed by atoms with Crippen molar-refractivity contribution < 1.29 is 9.59 Å². The first-order chi connectivity index (χ1) is 14.6. The van der Waals surface area contributed by atoms with Crippen LogP contribution >= 0.6 is 11.8 Å². The first-order valence-electron chi connectivity index (χ1n) is 11.1. The fraction of sp³-hybridized carbons (Fsp3) is 0.565. The lowest BCUT2D eigenvalue weighted by atomic mass is 9.92. The van der Waals surface area contributed by atoms with E-state index in [4.69, 9.17) is 0 Å². The normalized spacial score (nSPS) is 29.1. The minimum absolute atomic E-state index is 0.0173. The molecule has 3 heterocycles. The van der Waals surface area contributed by atoms with Gasteiger partial charge in [0.1, 0.15) is 11.5 Å². The zero-order chi connectivity index (χ0) is 21.1. The molecule has 3 aliphatic rings. The van der Waals surface area contributed by atoms with E-state index in [9.17, 15) is 9.59 Å². The van der Waals surface area contributed by atoms with Crippen LogP contribution in [0.25, 0.3) is 5.57 Å². The van der Waals surface area contributed by atoms with Gasteiger partial charge in [-0.25, -0.2) is 0 Å². The summed E-state index contributed by atoms with van der Waals surface area (Å²) in [6, 6.07) is 8.32. The van der Waals surface area contributed by atoms with Crippen molar-refractivity contribution in [2.45, 2.75) is 57.1 Å². The molecule has 6 nitrogen and oxygen atoms in total. The van der Waals surface area contributed by atoms with Gasteiger partial charge in [0.05, 0.1) is 12.0 Å². The smallest absolute Gasteiger partial charge is 0.237 e. The summed E-state index contributed by atoms with van der Waals surface area (Å²) in [7, 11) is 0. The van der Waals surface area contributed by atoms with Crippen molar-refractivity contribution >= 4 is 29.1 Å². The van der Waals surface area contributed by atoms with Gasteiger partial charge in [-0.1, -0.05) is 37.6 Å². The molecule has 4 atom stereocenters. The third-order valence-electron chi connectivity index (χ3n) is 6.33. The van der Waals surface area contributed by atoms with E-state index in [1.165, 1.54) is 16.7 Å². The van der Waals surface area contributed by atoms with Gasteiger partial charge in [0, 0.05) is 19.6 Å². The molecule has 0 aromatic heterocycles. The molecular weight excluding hydrogens is 396 g/mol. The van der Waals surface area contributed by atoms with E-state index in [2.05, 4.69) is 52.2 Å². The topological polar surface area (TPSA) is 73.5 Å². The number of carbonyl (C=O) groups excluding carboxylic acids is 2. The number of nitrogens with zero attached hydrogens (tertiary/aromatic N) is 1. The summed E-state index contributed by atoms with van der Waals surface area (Å²) in [4.78, 5) is 27.7. The van der Waals surface area contributed by atoms with Crippen LogP contribution in [0.15, 0.2) is 29.7 Å². The van der Waals surface area contributed by atoms with E-state index in [1.54, 1.807) is 11.8 Å². The first kappa shape index (κ1) is 21.4. The number of benzene rings is 1. The molecule has 1 aromatic carbocycles. The highest BCUT2D eigenvalue weighted by Crippen LogP contribution is 2.39. The van der Waals surface area contributed by atoms with E-state index < -0.39 is 0 Å². The van der Waals surface area contributed by atoms with Crippen molar-refractivity contribution in [3.63, 3.8) is 0 Å². The van der Waals surface area contributed by atoms with Gasteiger partial charge in [-0.05, 0) is 48.3 Å². The van der Waals surface area contributed by atoms with Crippen LogP contribution in [0.2, 0.25) is 0 Å². The lowest BCUT2D eigenvalue weighted by molar-refractivity contribution is -0.129. The zero-order valence-electron chi connectivity index (χ0n) is 17.8. The SMILES string of the molecule is CCCCNC(=O)C1CCCN(C2NC(=O)C3SC=C(c4ccccc4C)C3N2)C1. The third kappa shape index (κ3) is 4.43. The Balaban J connectivity index is 1.44. The molecule has 30 heavy (non-hydrogen) atoms. The van der Waals surface area contributed by atoms with E-state index in [0.717, 1.165) is 38.8 Å². The number of likely N-dealkylation sites (tertiary alicyclic amines) is 1. The van der Waals surface area contributed by atoms with E-state index in [-0.39, 0.29) is 35.3 Å². The number of carbonyl (C=O) groups is 2. The van der Waals surface area contributed by atoms with Gasteiger partial charge in [-0.15, -0.1) is 11.8 Å². The Morgan fingerprint density at radius 1 is 1.33 bits per heavy atom. The highest BCUT2D eigenvalue weighted by atomic mass is 32.2. The Morgan fingerprint density at radius 2 is 2.17 bits per heavy atom. The predicted molar refractivity (Wildman–Crippen MR) is 122 cm³/mol. The van der Waals surface area contributed by atoms with Crippen LogP contribution in [0.3, 0.4) is 0 Å². The first-order valence-corrected chi connectivity index (χ1v) is 12.0. The standard InChI is InChI=1S/C23H32N4O2S/c1-3-4-11-24-21(28)16-9-7-12-27(13-16)23-25-19-18(14-30-20(19)22(29)26-23)17-10-6-5-8-15(17)2/h5-6,8,10,14,16,19-20,23,25H,3-4,7,9,11-13H2,1-2H3,(H,24,28)(H,26,29). The Hall–Kier alpha value is -1.83. The van der Waals surface area contributed by atoms with Crippen LogP contribution in [0.5, 0.6) is 0 Å². The van der Waals surface area contributed by atoms with Crippen molar-refractivity contribution in [2.24, 2.45) is 5.92 Å². The highest BCUT2D eigenvalue weighted by Gasteiger charge is 2.44. The van der Waals surface area contributed by atoms with Crippen molar-refractivity contribution in [2.75, 3.05) is 19.6 Å². The lowest BCUT2D eigenvalue weighted by Gasteiger charge is -2.43. The summed E-state index contributed by atoms with van der Waals surface area (Å²) in [5, 5.41) is 11.9. The predicted octanol–water partition coefficient (Wildman–Crippen LogP) is 2.45. The van der Waals surface area contributed by atoms with Gasteiger partial charge >= 0.3 is 0 Å². The second-order valence-electron chi connectivity index (χ2n) is 8.48. The summed E-state index contributed by atoms with van der Waals surface area (Å²) >= 11 is 1.59. The number of thioether (sulfide) groups is 1. The Bertz CT molecular complexity index is 827. The van der Waals surface area contributed by atoms with Gasteiger partial charge in [-0.3, -0.25) is 19.8 Å². The summed E-state index contributed by atoms with van der Waals surface area (Å²) in [6.45, 7) is 6.53. The van der Waals surface area contributed by atoms with E-state index >= 15 is 0 Å². The molecule has 0 radical (unpaired) electrons. The second kappa shape index (κ2) is 9.54. The molecule has 162 valence electrons. The Morgan fingerprint density at radius 3 is 2.97 bits per heavy atom. The number of hydrogen-bond acceptors (Lipinski definition) is 5. The van der Waals surface area contributed by atoms with Gasteiger partial charge in [-0.2, -0.15) is 0 Å². The van der Waals surface area contributed by atoms with Crippen molar-refractivity contribution in [3.8, 4) is 0 Å². The number of amides is 2. The number of fused-ring (bicyclic) bond motifs is 1. The van der Waals surface area contributed by atoms with Crippen molar-refractivity contribution in [1.29, 1.82) is 0 Å². The minimum Gasteiger partial charge on any atom is -0.356 e. The van der Waals surface area contributed by atoms with E-state index in [1.807, 2.05) is 12.1 Å². The Kier molecular flexibility index (Phi) is 6.80. The Labute approximate surface area is 183 Å². The number of aryl methyl sites for hydroxylation is 1. The highest BCUT2D eigenvalue weighted by molar-refractivity contribution is 8.04. The van der Waals surface area contributed by atoms with Gasteiger partial charge in [0.15, 0.2) is 0 Å². The molecule has 0 spiro atoms.